The van der Waals surface area contributed by atoms with E-state index in [4.69, 9.17) is 21.1 Å². The lowest BCUT2D eigenvalue weighted by Gasteiger charge is -2.33. The van der Waals surface area contributed by atoms with E-state index in [1.165, 1.54) is 0 Å². The number of fused-ring (bicyclic) bond motifs is 1. The lowest BCUT2D eigenvalue weighted by atomic mass is 9.94. The number of aromatic nitrogens is 1. The number of aromatic amines is 1. The van der Waals surface area contributed by atoms with Crippen molar-refractivity contribution in [1.29, 1.82) is 0 Å². The number of carbonyl (C=O) groups is 2. The molecule has 1 atom stereocenters. The van der Waals surface area contributed by atoms with Crippen LogP contribution in [0.3, 0.4) is 0 Å². The molecule has 0 radical (unpaired) electrons. The molecule has 8 heteroatoms. The van der Waals surface area contributed by atoms with Gasteiger partial charge in [0.15, 0.2) is 0 Å². The summed E-state index contributed by atoms with van der Waals surface area (Å²) >= 11 is 6.17. The summed E-state index contributed by atoms with van der Waals surface area (Å²) in [5.41, 5.74) is 1.89. The van der Waals surface area contributed by atoms with Gasteiger partial charge in [-0.1, -0.05) is 48.0 Å². The summed E-state index contributed by atoms with van der Waals surface area (Å²) in [4.78, 5) is 30.2. The molecular weight excluding hydrogens is 490 g/mol. The third kappa shape index (κ3) is 7.49. The Hall–Kier alpha value is -3.03. The monoisotopic (exact) mass is 525 g/mol. The number of piperidine rings is 1. The summed E-state index contributed by atoms with van der Waals surface area (Å²) in [6.45, 7) is 8.05. The quantitative estimate of drug-likeness (QED) is 0.336. The number of halogens is 1. The number of H-pyrrole nitrogens is 1. The van der Waals surface area contributed by atoms with Gasteiger partial charge < -0.3 is 24.7 Å². The zero-order valence-electron chi connectivity index (χ0n) is 21.8. The van der Waals surface area contributed by atoms with Gasteiger partial charge in [0, 0.05) is 42.4 Å². The molecular formula is C29H36ClN3O4. The molecule has 2 N–H and O–H groups in total. The van der Waals surface area contributed by atoms with E-state index in [9.17, 15) is 9.59 Å². The van der Waals surface area contributed by atoms with Crippen molar-refractivity contribution in [2.45, 2.75) is 51.7 Å². The molecule has 2 heterocycles. The standard InChI is InChI=1S/C29H36ClN3O4/c1-29(2,3)37-28(35)33-14-11-20(12-15-33)13-16-36-19-26(21-7-5-4-6-8-21)32-27(34)22-9-10-23-24(30)18-31-25(23)17-22/h4-10,17-18,20,26,31H,11-16,19H2,1-3H3,(H,32,34)/t26-/m1/s1. The molecule has 198 valence electrons. The molecule has 37 heavy (non-hydrogen) atoms. The maximum absolute atomic E-state index is 13.1. The molecule has 0 spiro atoms. The first-order chi connectivity index (χ1) is 17.7. The van der Waals surface area contributed by atoms with Crippen molar-refractivity contribution in [3.8, 4) is 0 Å². The van der Waals surface area contributed by atoms with Crippen molar-refractivity contribution in [3.05, 3.63) is 70.9 Å². The lowest BCUT2D eigenvalue weighted by Crippen LogP contribution is -2.41. The van der Waals surface area contributed by atoms with Crippen molar-refractivity contribution in [2.24, 2.45) is 5.92 Å². The summed E-state index contributed by atoms with van der Waals surface area (Å²) in [6.07, 6.45) is 4.28. The smallest absolute Gasteiger partial charge is 0.410 e. The predicted octanol–water partition coefficient (Wildman–Crippen LogP) is 6.35. The highest BCUT2D eigenvalue weighted by atomic mass is 35.5. The molecule has 1 aromatic heterocycles. The summed E-state index contributed by atoms with van der Waals surface area (Å²) in [5, 5.41) is 4.65. The zero-order chi connectivity index (χ0) is 26.4. The van der Waals surface area contributed by atoms with Gasteiger partial charge in [0.1, 0.15) is 5.60 Å². The van der Waals surface area contributed by atoms with Crippen LogP contribution in [0.2, 0.25) is 5.02 Å². The van der Waals surface area contributed by atoms with Crippen LogP contribution in [0.4, 0.5) is 4.79 Å². The SMILES string of the molecule is CC(C)(C)OC(=O)N1CCC(CCOC[C@@H](NC(=O)c2ccc3c(Cl)c[nH]c3c2)c2ccccc2)CC1. The van der Waals surface area contributed by atoms with Gasteiger partial charge in [-0.15, -0.1) is 0 Å². The van der Waals surface area contributed by atoms with E-state index in [1.807, 2.05) is 63.2 Å². The Kier molecular flexibility index (Phi) is 8.77. The summed E-state index contributed by atoms with van der Waals surface area (Å²) in [7, 11) is 0. The third-order valence-corrected chi connectivity index (χ3v) is 6.93. The molecule has 2 aromatic carbocycles. The number of hydrogen-bond acceptors (Lipinski definition) is 4. The average Bonchev–Trinajstić information content (AvgIpc) is 3.25. The van der Waals surface area contributed by atoms with Gasteiger partial charge in [-0.3, -0.25) is 4.79 Å². The Morgan fingerprint density at radius 2 is 1.86 bits per heavy atom. The molecule has 0 unspecified atom stereocenters. The molecule has 0 saturated carbocycles. The van der Waals surface area contributed by atoms with Gasteiger partial charge in [0.25, 0.3) is 5.91 Å². The molecule has 1 fully saturated rings. The molecule has 0 aliphatic carbocycles. The van der Waals surface area contributed by atoms with Crippen molar-refractivity contribution in [3.63, 3.8) is 0 Å². The highest BCUT2D eigenvalue weighted by molar-refractivity contribution is 6.35. The highest BCUT2D eigenvalue weighted by Crippen LogP contribution is 2.25. The molecule has 1 aliphatic rings. The average molecular weight is 526 g/mol. The normalized spacial score (nSPS) is 15.5. The van der Waals surface area contributed by atoms with E-state index in [0.29, 0.717) is 42.8 Å². The number of likely N-dealkylation sites (tertiary alicyclic amines) is 1. The number of rotatable bonds is 8. The molecule has 3 aromatic rings. The Balaban J connectivity index is 1.27. The fourth-order valence-corrected chi connectivity index (χ4v) is 4.78. The van der Waals surface area contributed by atoms with Crippen LogP contribution in [0, 0.1) is 5.92 Å². The minimum Gasteiger partial charge on any atom is -0.444 e. The van der Waals surface area contributed by atoms with Crippen LogP contribution in [0.5, 0.6) is 0 Å². The first-order valence-electron chi connectivity index (χ1n) is 12.9. The minimum absolute atomic E-state index is 0.167. The number of benzene rings is 2. The van der Waals surface area contributed by atoms with Crippen LogP contribution in [-0.4, -0.2) is 53.8 Å². The van der Waals surface area contributed by atoms with Gasteiger partial charge in [-0.25, -0.2) is 4.79 Å². The third-order valence-electron chi connectivity index (χ3n) is 6.62. The predicted molar refractivity (Wildman–Crippen MR) is 146 cm³/mol. The van der Waals surface area contributed by atoms with Gasteiger partial charge in [0.2, 0.25) is 0 Å². The van der Waals surface area contributed by atoms with Crippen LogP contribution in [-0.2, 0) is 9.47 Å². The van der Waals surface area contributed by atoms with Crippen molar-refractivity contribution in [1.82, 2.24) is 15.2 Å². The molecule has 1 saturated heterocycles. The maximum Gasteiger partial charge on any atom is 0.410 e. The fraction of sp³-hybridized carbons (Fsp3) is 0.448. The molecule has 1 aliphatic heterocycles. The number of amides is 2. The van der Waals surface area contributed by atoms with Crippen LogP contribution in [0.15, 0.2) is 54.7 Å². The first-order valence-corrected chi connectivity index (χ1v) is 13.3. The van der Waals surface area contributed by atoms with Gasteiger partial charge in [-0.2, -0.15) is 0 Å². The van der Waals surface area contributed by atoms with E-state index in [-0.39, 0.29) is 18.0 Å². The molecule has 0 bridgehead atoms. The molecule has 7 nitrogen and oxygen atoms in total. The van der Waals surface area contributed by atoms with Crippen LogP contribution >= 0.6 is 11.6 Å². The number of ether oxygens (including phenoxy) is 2. The second-order valence-electron chi connectivity index (χ2n) is 10.6. The zero-order valence-corrected chi connectivity index (χ0v) is 22.5. The van der Waals surface area contributed by atoms with E-state index in [1.54, 1.807) is 17.2 Å². The Bertz CT molecular complexity index is 1200. The van der Waals surface area contributed by atoms with Gasteiger partial charge >= 0.3 is 6.09 Å². The van der Waals surface area contributed by atoms with Crippen molar-refractivity contribution in [2.75, 3.05) is 26.3 Å². The topological polar surface area (TPSA) is 83.7 Å². The highest BCUT2D eigenvalue weighted by Gasteiger charge is 2.27. The fourth-order valence-electron chi connectivity index (χ4n) is 4.56. The van der Waals surface area contributed by atoms with E-state index >= 15 is 0 Å². The number of hydrogen-bond donors (Lipinski definition) is 2. The van der Waals surface area contributed by atoms with E-state index in [2.05, 4.69) is 10.3 Å². The van der Waals surface area contributed by atoms with Crippen LogP contribution in [0.25, 0.3) is 10.9 Å². The van der Waals surface area contributed by atoms with Crippen LogP contribution < -0.4 is 5.32 Å². The largest absolute Gasteiger partial charge is 0.444 e. The number of nitrogens with zero attached hydrogens (tertiary/aromatic N) is 1. The molecule has 2 amide bonds. The van der Waals surface area contributed by atoms with Crippen molar-refractivity contribution >= 4 is 34.5 Å². The van der Waals surface area contributed by atoms with E-state index in [0.717, 1.165) is 35.7 Å². The number of nitrogens with one attached hydrogen (secondary N) is 2. The summed E-state index contributed by atoms with van der Waals surface area (Å²) < 4.78 is 11.5. The summed E-state index contributed by atoms with van der Waals surface area (Å²) in [6, 6.07) is 15.0. The molecule has 4 rings (SSSR count). The van der Waals surface area contributed by atoms with Gasteiger partial charge in [-0.05, 0) is 63.6 Å². The Morgan fingerprint density at radius 3 is 2.57 bits per heavy atom. The summed E-state index contributed by atoms with van der Waals surface area (Å²) in [5.74, 6) is 0.336. The van der Waals surface area contributed by atoms with E-state index < -0.39 is 5.60 Å². The number of carbonyl (C=O) groups excluding carboxylic acids is 2. The van der Waals surface area contributed by atoms with Crippen LogP contribution in [0.1, 0.15) is 62.0 Å². The minimum atomic E-state index is -0.477. The lowest BCUT2D eigenvalue weighted by molar-refractivity contribution is 0.0163. The van der Waals surface area contributed by atoms with Crippen molar-refractivity contribution < 1.29 is 19.1 Å². The Labute approximate surface area is 223 Å². The van der Waals surface area contributed by atoms with Gasteiger partial charge in [0.05, 0.1) is 17.7 Å². The second kappa shape index (κ2) is 12.0. The first kappa shape index (κ1) is 27.0. The second-order valence-corrected chi connectivity index (χ2v) is 11.0. The maximum atomic E-state index is 13.1. The Morgan fingerprint density at radius 1 is 1.14 bits per heavy atom.